The van der Waals surface area contributed by atoms with E-state index in [1.54, 1.807) is 0 Å². The van der Waals surface area contributed by atoms with E-state index in [1.165, 1.54) is 12.8 Å². The van der Waals surface area contributed by atoms with Crippen LogP contribution in [0.3, 0.4) is 0 Å². The molecule has 2 N–H and O–H groups in total. The summed E-state index contributed by atoms with van der Waals surface area (Å²) in [4.78, 5) is 2.37. The van der Waals surface area contributed by atoms with Crippen LogP contribution in [0.4, 0.5) is 0 Å². The topological polar surface area (TPSA) is 63.4 Å². The number of hydrogen-bond donors (Lipinski definition) is 1. The summed E-state index contributed by atoms with van der Waals surface area (Å²) in [5.74, 6) is 1.09. The van der Waals surface area contributed by atoms with Gasteiger partial charge in [-0.2, -0.15) is 0 Å². The molecule has 4 nitrogen and oxygen atoms in total. The summed E-state index contributed by atoms with van der Waals surface area (Å²) in [7, 11) is -2.90. The molecule has 0 radical (unpaired) electrons. The van der Waals surface area contributed by atoms with Crippen LogP contribution in [0, 0.1) is 5.92 Å². The molecular weight excluding hydrogens is 236 g/mol. The molecular formula is C12H24N2O2S. The summed E-state index contributed by atoms with van der Waals surface area (Å²) in [6.07, 6.45) is 3.54. The van der Waals surface area contributed by atoms with Crippen molar-refractivity contribution in [3.05, 3.63) is 0 Å². The van der Waals surface area contributed by atoms with Gasteiger partial charge in [0.1, 0.15) is 0 Å². The average molecular weight is 260 g/mol. The van der Waals surface area contributed by atoms with Crippen LogP contribution in [0.2, 0.25) is 0 Å². The Kier molecular flexibility index (Phi) is 3.80. The van der Waals surface area contributed by atoms with E-state index in [1.807, 2.05) is 0 Å². The highest BCUT2D eigenvalue weighted by Gasteiger charge is 2.43. The fourth-order valence-corrected chi connectivity index (χ4v) is 4.53. The second-order valence-corrected chi connectivity index (χ2v) is 8.11. The van der Waals surface area contributed by atoms with Crippen molar-refractivity contribution in [3.8, 4) is 0 Å². The van der Waals surface area contributed by atoms with Crippen LogP contribution in [0.5, 0.6) is 0 Å². The molecule has 1 aliphatic heterocycles. The summed E-state index contributed by atoms with van der Waals surface area (Å²) in [6, 6.07) is 0.470. The molecule has 1 saturated heterocycles. The first-order chi connectivity index (χ1) is 7.89. The Morgan fingerprint density at radius 3 is 2.35 bits per heavy atom. The van der Waals surface area contributed by atoms with Crippen molar-refractivity contribution in [2.75, 3.05) is 18.1 Å². The minimum absolute atomic E-state index is 0.0613. The zero-order chi connectivity index (χ0) is 12.6. The monoisotopic (exact) mass is 260 g/mol. The average Bonchev–Trinajstić information content (AvgIpc) is 2.94. The molecule has 5 heteroatoms. The van der Waals surface area contributed by atoms with Crippen LogP contribution in [0.15, 0.2) is 0 Å². The van der Waals surface area contributed by atoms with Gasteiger partial charge in [0.05, 0.1) is 11.5 Å². The van der Waals surface area contributed by atoms with Crippen molar-refractivity contribution in [1.82, 2.24) is 4.90 Å². The maximum Gasteiger partial charge on any atom is 0.153 e. The molecule has 0 spiro atoms. The SMILES string of the molecule is CC(C)CCN(C1CC1)C1CS(=O)(=O)CC1N. The van der Waals surface area contributed by atoms with Crippen molar-refractivity contribution < 1.29 is 8.42 Å². The molecule has 1 saturated carbocycles. The zero-order valence-electron chi connectivity index (χ0n) is 10.8. The van der Waals surface area contributed by atoms with E-state index < -0.39 is 9.84 Å². The molecule has 0 aromatic carbocycles. The van der Waals surface area contributed by atoms with Gasteiger partial charge in [-0.15, -0.1) is 0 Å². The minimum atomic E-state index is -2.90. The zero-order valence-corrected chi connectivity index (χ0v) is 11.6. The van der Waals surface area contributed by atoms with Gasteiger partial charge in [0, 0.05) is 18.1 Å². The van der Waals surface area contributed by atoms with E-state index in [0.29, 0.717) is 12.0 Å². The Morgan fingerprint density at radius 2 is 1.94 bits per heavy atom. The van der Waals surface area contributed by atoms with Gasteiger partial charge in [-0.3, -0.25) is 4.90 Å². The molecule has 2 fully saturated rings. The highest BCUT2D eigenvalue weighted by atomic mass is 32.2. The van der Waals surface area contributed by atoms with Gasteiger partial charge in [0.2, 0.25) is 0 Å². The molecule has 1 aliphatic carbocycles. The first-order valence-corrected chi connectivity index (χ1v) is 8.43. The van der Waals surface area contributed by atoms with Crippen molar-refractivity contribution in [3.63, 3.8) is 0 Å². The number of hydrogen-bond acceptors (Lipinski definition) is 4. The van der Waals surface area contributed by atoms with Crippen molar-refractivity contribution >= 4 is 9.84 Å². The standard InChI is InChI=1S/C12H24N2O2S/c1-9(2)5-6-14(10-3-4-10)12-8-17(15,16)7-11(12)13/h9-12H,3-8,13H2,1-2H3. The lowest BCUT2D eigenvalue weighted by Gasteiger charge is -2.31. The van der Waals surface area contributed by atoms with Gasteiger partial charge in [-0.25, -0.2) is 8.42 Å². The maximum absolute atomic E-state index is 11.6. The lowest BCUT2D eigenvalue weighted by molar-refractivity contribution is 0.178. The molecule has 0 aromatic rings. The number of rotatable bonds is 5. The molecule has 0 amide bonds. The van der Waals surface area contributed by atoms with Crippen molar-refractivity contribution in [1.29, 1.82) is 0 Å². The number of sulfone groups is 1. The first-order valence-electron chi connectivity index (χ1n) is 6.61. The normalized spacial score (nSPS) is 32.5. The summed E-state index contributed by atoms with van der Waals surface area (Å²) >= 11 is 0. The van der Waals surface area contributed by atoms with E-state index >= 15 is 0 Å². The Morgan fingerprint density at radius 1 is 1.29 bits per heavy atom. The lowest BCUT2D eigenvalue weighted by Crippen LogP contribution is -2.48. The number of nitrogens with two attached hydrogens (primary N) is 1. The predicted molar refractivity (Wildman–Crippen MR) is 69.6 cm³/mol. The van der Waals surface area contributed by atoms with Crippen LogP contribution in [-0.4, -0.2) is 49.5 Å². The summed E-state index contributed by atoms with van der Waals surface area (Å²) in [5.41, 5.74) is 6.01. The molecule has 2 unspecified atom stereocenters. The molecule has 1 heterocycles. The van der Waals surface area contributed by atoms with E-state index in [0.717, 1.165) is 13.0 Å². The third-order valence-corrected chi connectivity index (χ3v) is 5.51. The highest BCUT2D eigenvalue weighted by Crippen LogP contribution is 2.32. The van der Waals surface area contributed by atoms with Gasteiger partial charge in [-0.1, -0.05) is 13.8 Å². The quantitative estimate of drug-likeness (QED) is 0.787. The smallest absolute Gasteiger partial charge is 0.153 e. The molecule has 2 atom stereocenters. The van der Waals surface area contributed by atoms with Gasteiger partial charge in [0.25, 0.3) is 0 Å². The Bertz CT molecular complexity index is 363. The van der Waals surface area contributed by atoms with Crippen LogP contribution >= 0.6 is 0 Å². The summed E-state index contributed by atoms with van der Waals surface area (Å²) in [6.45, 7) is 5.41. The van der Waals surface area contributed by atoms with E-state index in [2.05, 4.69) is 18.7 Å². The van der Waals surface area contributed by atoms with Crippen LogP contribution in [0.1, 0.15) is 33.1 Å². The van der Waals surface area contributed by atoms with Crippen LogP contribution < -0.4 is 5.73 Å². The second kappa shape index (κ2) is 4.86. The second-order valence-electron chi connectivity index (χ2n) is 5.96. The fraction of sp³-hybridized carbons (Fsp3) is 1.00. The first kappa shape index (κ1) is 13.3. The largest absolute Gasteiger partial charge is 0.325 e. The molecule has 100 valence electrons. The van der Waals surface area contributed by atoms with E-state index in [9.17, 15) is 8.42 Å². The molecule has 2 aliphatic rings. The van der Waals surface area contributed by atoms with Gasteiger partial charge >= 0.3 is 0 Å². The fourth-order valence-electron chi connectivity index (χ4n) is 2.63. The molecule has 0 aromatic heterocycles. The lowest BCUT2D eigenvalue weighted by atomic mass is 10.1. The summed E-state index contributed by atoms with van der Waals surface area (Å²) in [5, 5.41) is 0. The van der Waals surface area contributed by atoms with Crippen LogP contribution in [0.25, 0.3) is 0 Å². The Balaban J connectivity index is 2.01. The Labute approximate surface area is 104 Å². The minimum Gasteiger partial charge on any atom is -0.325 e. The molecule has 2 rings (SSSR count). The molecule has 17 heavy (non-hydrogen) atoms. The molecule has 0 bridgehead atoms. The van der Waals surface area contributed by atoms with Crippen molar-refractivity contribution in [2.45, 2.75) is 51.2 Å². The van der Waals surface area contributed by atoms with Gasteiger partial charge in [-0.05, 0) is 31.7 Å². The third kappa shape index (κ3) is 3.42. The Hall–Kier alpha value is -0.130. The predicted octanol–water partition coefficient (Wildman–Crippen LogP) is 0.621. The summed E-state index contributed by atoms with van der Waals surface area (Å²) < 4.78 is 23.3. The van der Waals surface area contributed by atoms with Crippen LogP contribution in [-0.2, 0) is 9.84 Å². The number of nitrogens with zero attached hydrogens (tertiary/aromatic N) is 1. The van der Waals surface area contributed by atoms with Gasteiger partial charge < -0.3 is 5.73 Å². The third-order valence-electron chi connectivity index (χ3n) is 3.77. The van der Waals surface area contributed by atoms with Gasteiger partial charge in [0.15, 0.2) is 9.84 Å². The van der Waals surface area contributed by atoms with E-state index in [4.69, 9.17) is 5.73 Å². The maximum atomic E-state index is 11.6. The highest BCUT2D eigenvalue weighted by molar-refractivity contribution is 7.91. The van der Waals surface area contributed by atoms with E-state index in [-0.39, 0.29) is 23.6 Å². The van der Waals surface area contributed by atoms with Crippen molar-refractivity contribution in [2.24, 2.45) is 11.7 Å².